The molecule has 106 valence electrons. The van der Waals surface area contributed by atoms with Gasteiger partial charge in [0.25, 0.3) is 0 Å². The number of hydrogen-bond donors (Lipinski definition) is 1. The van der Waals surface area contributed by atoms with Crippen molar-refractivity contribution in [2.24, 2.45) is 5.92 Å². The summed E-state index contributed by atoms with van der Waals surface area (Å²) in [6, 6.07) is 0. The van der Waals surface area contributed by atoms with Crippen molar-refractivity contribution in [3.8, 4) is 0 Å². The van der Waals surface area contributed by atoms with Gasteiger partial charge < -0.3 is 10.2 Å². The second-order valence-electron chi connectivity index (χ2n) is 5.14. The third-order valence-corrected chi connectivity index (χ3v) is 3.59. The summed E-state index contributed by atoms with van der Waals surface area (Å²) in [6.45, 7) is 6.85. The van der Waals surface area contributed by atoms with Crippen LogP contribution in [0.4, 0.5) is 0 Å². The summed E-state index contributed by atoms with van der Waals surface area (Å²) in [5.41, 5.74) is 0. The average Bonchev–Trinajstić information content (AvgIpc) is 2.86. The summed E-state index contributed by atoms with van der Waals surface area (Å²) in [4.78, 5) is 16.8. The Morgan fingerprint density at radius 3 is 2.72 bits per heavy atom. The van der Waals surface area contributed by atoms with Crippen molar-refractivity contribution in [1.82, 2.24) is 10.4 Å². The van der Waals surface area contributed by atoms with Crippen LogP contribution in [0, 0.1) is 5.92 Å². The molecular weight excluding hydrogens is 228 g/mol. The fourth-order valence-electron chi connectivity index (χ4n) is 2.33. The molecular formula is C14H28N2O2. The summed E-state index contributed by atoms with van der Waals surface area (Å²) in [5, 5.41) is 4.84. The van der Waals surface area contributed by atoms with E-state index in [0.717, 1.165) is 31.8 Å². The molecule has 0 aromatic heterocycles. The highest BCUT2D eigenvalue weighted by atomic mass is 16.7. The van der Waals surface area contributed by atoms with Crippen molar-refractivity contribution in [2.75, 3.05) is 19.8 Å². The van der Waals surface area contributed by atoms with Gasteiger partial charge in [-0.2, -0.15) is 0 Å². The maximum absolute atomic E-state index is 11.6. The van der Waals surface area contributed by atoms with E-state index in [1.807, 2.05) is 0 Å². The first-order chi connectivity index (χ1) is 8.76. The van der Waals surface area contributed by atoms with E-state index >= 15 is 0 Å². The molecule has 0 radical (unpaired) electrons. The maximum atomic E-state index is 11.6. The van der Waals surface area contributed by atoms with Gasteiger partial charge >= 0.3 is 5.97 Å². The molecule has 0 aromatic carbocycles. The van der Waals surface area contributed by atoms with Crippen LogP contribution < -0.4 is 5.32 Å². The van der Waals surface area contributed by atoms with Crippen LogP contribution in [0.15, 0.2) is 0 Å². The highest BCUT2D eigenvalue weighted by Crippen LogP contribution is 2.19. The number of hydroxylamine groups is 2. The monoisotopic (exact) mass is 256 g/mol. The van der Waals surface area contributed by atoms with Crippen LogP contribution in [0.2, 0.25) is 0 Å². The van der Waals surface area contributed by atoms with Crippen LogP contribution in [0.5, 0.6) is 0 Å². The van der Waals surface area contributed by atoms with Gasteiger partial charge in [-0.15, -0.1) is 5.06 Å². The van der Waals surface area contributed by atoms with E-state index in [1.165, 1.54) is 25.7 Å². The number of unbranched alkanes of at least 4 members (excludes halogenated alkanes) is 1. The van der Waals surface area contributed by atoms with E-state index < -0.39 is 0 Å². The lowest BCUT2D eigenvalue weighted by atomic mass is 9.94. The molecule has 1 rings (SSSR count). The normalized spacial score (nSPS) is 17.9. The Hall–Kier alpha value is -0.610. The molecule has 0 bridgehead atoms. The lowest BCUT2D eigenvalue weighted by molar-refractivity contribution is -0.185. The zero-order valence-corrected chi connectivity index (χ0v) is 11.9. The molecule has 4 nitrogen and oxygen atoms in total. The Morgan fingerprint density at radius 2 is 2.11 bits per heavy atom. The summed E-state index contributed by atoms with van der Waals surface area (Å²) in [5.74, 6) is 0.704. The zero-order valence-electron chi connectivity index (χ0n) is 11.9. The fraction of sp³-hybridized carbons (Fsp3) is 0.929. The van der Waals surface area contributed by atoms with E-state index in [9.17, 15) is 4.79 Å². The molecule has 4 heteroatoms. The van der Waals surface area contributed by atoms with Gasteiger partial charge in [-0.05, 0) is 18.8 Å². The summed E-state index contributed by atoms with van der Waals surface area (Å²) in [7, 11) is 0. The van der Waals surface area contributed by atoms with Crippen LogP contribution in [0.25, 0.3) is 0 Å². The average molecular weight is 256 g/mol. The summed E-state index contributed by atoms with van der Waals surface area (Å²) in [6.07, 6.45) is 7.78. The molecule has 1 aliphatic rings. The molecule has 1 aliphatic heterocycles. The molecule has 1 heterocycles. The van der Waals surface area contributed by atoms with Crippen LogP contribution in [0.1, 0.15) is 58.8 Å². The number of nitrogens with one attached hydrogen (secondary N) is 1. The molecule has 1 unspecified atom stereocenters. The quantitative estimate of drug-likeness (QED) is 0.688. The Labute approximate surface area is 111 Å². The van der Waals surface area contributed by atoms with Crippen LogP contribution in [0.3, 0.4) is 0 Å². The number of carbonyl (C=O) groups excluding carboxylic acids is 1. The fourth-order valence-corrected chi connectivity index (χ4v) is 2.33. The predicted molar refractivity (Wildman–Crippen MR) is 72.8 cm³/mol. The topological polar surface area (TPSA) is 41.6 Å². The SMILES string of the molecule is CCCCC(CC)CCCC(=O)ON1CCNC1. The second-order valence-corrected chi connectivity index (χ2v) is 5.14. The number of hydrogen-bond acceptors (Lipinski definition) is 4. The third kappa shape index (κ3) is 6.36. The minimum atomic E-state index is -0.0796. The standard InChI is InChI=1S/C14H28N2O2/c1-3-5-7-13(4-2)8-6-9-14(17)18-16-11-10-15-12-16/h13,15H,3-12H2,1-2H3. The van der Waals surface area contributed by atoms with E-state index in [-0.39, 0.29) is 5.97 Å². The largest absolute Gasteiger partial charge is 0.367 e. The van der Waals surface area contributed by atoms with Gasteiger partial charge in [0.05, 0.1) is 6.67 Å². The zero-order chi connectivity index (χ0) is 13.2. The molecule has 1 atom stereocenters. The van der Waals surface area contributed by atoms with Crippen molar-refractivity contribution >= 4 is 5.97 Å². The van der Waals surface area contributed by atoms with Gasteiger partial charge in [0.15, 0.2) is 0 Å². The lowest BCUT2D eigenvalue weighted by Crippen LogP contribution is -2.26. The smallest absolute Gasteiger partial charge is 0.325 e. The van der Waals surface area contributed by atoms with Gasteiger partial charge in [-0.25, -0.2) is 0 Å². The molecule has 1 N–H and O–H groups in total. The summed E-state index contributed by atoms with van der Waals surface area (Å²) >= 11 is 0. The second kappa shape index (κ2) is 9.34. The van der Waals surface area contributed by atoms with Crippen molar-refractivity contribution < 1.29 is 9.63 Å². The molecule has 0 aromatic rings. The van der Waals surface area contributed by atoms with Crippen molar-refractivity contribution in [3.05, 3.63) is 0 Å². The molecule has 18 heavy (non-hydrogen) atoms. The minimum Gasteiger partial charge on any atom is -0.367 e. The summed E-state index contributed by atoms with van der Waals surface area (Å²) < 4.78 is 0. The van der Waals surface area contributed by atoms with E-state index in [0.29, 0.717) is 13.1 Å². The highest BCUT2D eigenvalue weighted by Gasteiger charge is 2.16. The van der Waals surface area contributed by atoms with Gasteiger partial charge in [-0.3, -0.25) is 4.79 Å². The molecule has 1 saturated heterocycles. The predicted octanol–water partition coefficient (Wildman–Crippen LogP) is 2.69. The van der Waals surface area contributed by atoms with Gasteiger partial charge in [0.1, 0.15) is 0 Å². The lowest BCUT2D eigenvalue weighted by Gasteiger charge is -2.15. The van der Waals surface area contributed by atoms with Crippen LogP contribution in [-0.4, -0.2) is 30.8 Å². The van der Waals surface area contributed by atoms with E-state index in [4.69, 9.17) is 4.84 Å². The molecule has 0 saturated carbocycles. The maximum Gasteiger partial charge on any atom is 0.325 e. The number of carbonyl (C=O) groups is 1. The van der Waals surface area contributed by atoms with Crippen LogP contribution in [-0.2, 0) is 9.63 Å². The Morgan fingerprint density at radius 1 is 1.33 bits per heavy atom. The highest BCUT2D eigenvalue weighted by molar-refractivity contribution is 5.68. The third-order valence-electron chi connectivity index (χ3n) is 3.59. The first-order valence-corrected chi connectivity index (χ1v) is 7.42. The first kappa shape index (κ1) is 15.4. The molecule has 1 fully saturated rings. The van der Waals surface area contributed by atoms with Gasteiger partial charge in [0, 0.05) is 19.5 Å². The Bertz CT molecular complexity index is 228. The van der Waals surface area contributed by atoms with Gasteiger partial charge in [0.2, 0.25) is 0 Å². The minimum absolute atomic E-state index is 0.0796. The molecule has 0 aliphatic carbocycles. The Balaban J connectivity index is 2.05. The number of nitrogens with zero attached hydrogens (tertiary/aromatic N) is 1. The Kier molecular flexibility index (Phi) is 8.01. The van der Waals surface area contributed by atoms with Gasteiger partial charge in [-0.1, -0.05) is 39.5 Å². The van der Waals surface area contributed by atoms with Crippen molar-refractivity contribution in [2.45, 2.75) is 58.8 Å². The van der Waals surface area contributed by atoms with E-state index in [1.54, 1.807) is 5.06 Å². The van der Waals surface area contributed by atoms with Crippen LogP contribution >= 0.6 is 0 Å². The number of rotatable bonds is 9. The first-order valence-electron chi connectivity index (χ1n) is 7.42. The molecule has 0 amide bonds. The van der Waals surface area contributed by atoms with Crippen molar-refractivity contribution in [3.63, 3.8) is 0 Å². The van der Waals surface area contributed by atoms with Crippen molar-refractivity contribution in [1.29, 1.82) is 0 Å². The van der Waals surface area contributed by atoms with E-state index in [2.05, 4.69) is 19.2 Å². The molecule has 0 spiro atoms.